The zero-order valence-electron chi connectivity index (χ0n) is 19.8. The van der Waals surface area contributed by atoms with Gasteiger partial charge in [-0.05, 0) is 68.1 Å². The second kappa shape index (κ2) is 11.9. The molecule has 2 N–H and O–H groups in total. The van der Waals surface area contributed by atoms with Gasteiger partial charge in [-0.2, -0.15) is 0 Å². The van der Waals surface area contributed by atoms with Gasteiger partial charge in [0.05, 0.1) is 25.0 Å². The van der Waals surface area contributed by atoms with Gasteiger partial charge in [-0.1, -0.05) is 30.7 Å². The maximum atomic E-state index is 13.2. The number of ether oxygens (including phenoxy) is 2. The Labute approximate surface area is 209 Å². The van der Waals surface area contributed by atoms with Gasteiger partial charge in [0.15, 0.2) is 0 Å². The molecule has 0 atom stereocenters. The van der Waals surface area contributed by atoms with E-state index < -0.39 is 0 Å². The molecule has 0 spiro atoms. The van der Waals surface area contributed by atoms with E-state index in [9.17, 15) is 9.59 Å². The van der Waals surface area contributed by atoms with Crippen LogP contribution in [0.25, 0.3) is 0 Å². The third-order valence-corrected chi connectivity index (χ3v) is 6.64. The molecular weight excluding hydrogens is 472 g/mol. The lowest BCUT2D eigenvalue weighted by atomic mass is 10.1. The van der Waals surface area contributed by atoms with Crippen molar-refractivity contribution in [2.75, 3.05) is 24.4 Å². The van der Waals surface area contributed by atoms with Crippen LogP contribution < -0.4 is 20.1 Å². The first-order chi connectivity index (χ1) is 16.3. The van der Waals surface area contributed by atoms with E-state index in [1.807, 2.05) is 45.0 Å². The Balaban J connectivity index is 1.65. The second-order valence-electron chi connectivity index (χ2n) is 7.76. The highest BCUT2D eigenvalue weighted by molar-refractivity contribution is 7.16. The molecule has 3 rings (SSSR count). The molecule has 1 aromatic heterocycles. The zero-order chi connectivity index (χ0) is 24.7. The van der Waals surface area contributed by atoms with Gasteiger partial charge in [-0.15, -0.1) is 11.3 Å². The maximum absolute atomic E-state index is 13.2. The first kappa shape index (κ1) is 25.6. The molecular formula is C26H29ClN2O4S. The van der Waals surface area contributed by atoms with E-state index >= 15 is 0 Å². The SMILES string of the molecule is CCc1c(C)sc(NC(=O)CCCOc2ccc(Cl)cc2C)c1C(=O)Nc1ccccc1OC. The van der Waals surface area contributed by atoms with E-state index in [1.165, 1.54) is 11.3 Å². The van der Waals surface area contributed by atoms with Gasteiger partial charge in [-0.3, -0.25) is 9.59 Å². The van der Waals surface area contributed by atoms with Crippen LogP contribution in [0, 0.1) is 13.8 Å². The molecule has 1 heterocycles. The second-order valence-corrected chi connectivity index (χ2v) is 9.42. The number of hydrogen-bond acceptors (Lipinski definition) is 5. The van der Waals surface area contributed by atoms with Gasteiger partial charge in [0.25, 0.3) is 5.91 Å². The topological polar surface area (TPSA) is 76.7 Å². The number of para-hydroxylation sites is 2. The van der Waals surface area contributed by atoms with Crippen LogP contribution in [0.5, 0.6) is 11.5 Å². The standard InChI is InChI=1S/C26H29ClN2O4S/c1-5-19-17(3)34-26(24(19)25(31)28-20-9-6-7-10-22(20)32-4)29-23(30)11-8-14-33-21-13-12-18(27)15-16(21)2/h6-7,9-10,12-13,15H,5,8,11,14H2,1-4H3,(H,28,31)(H,29,30). The molecule has 3 aromatic rings. The van der Waals surface area contributed by atoms with Crippen LogP contribution in [0.3, 0.4) is 0 Å². The highest BCUT2D eigenvalue weighted by atomic mass is 35.5. The molecule has 34 heavy (non-hydrogen) atoms. The van der Waals surface area contributed by atoms with Crippen molar-refractivity contribution >= 4 is 45.4 Å². The first-order valence-electron chi connectivity index (χ1n) is 11.1. The largest absolute Gasteiger partial charge is 0.495 e. The Morgan fingerprint density at radius 2 is 1.82 bits per heavy atom. The molecule has 0 saturated carbocycles. The van der Waals surface area contributed by atoms with E-state index in [-0.39, 0.29) is 18.2 Å². The third kappa shape index (κ3) is 6.30. The molecule has 2 amide bonds. The van der Waals surface area contributed by atoms with Gasteiger partial charge in [0, 0.05) is 16.3 Å². The normalized spacial score (nSPS) is 10.6. The van der Waals surface area contributed by atoms with E-state index in [0.29, 0.717) is 46.5 Å². The van der Waals surface area contributed by atoms with Crippen molar-refractivity contribution in [3.05, 3.63) is 69.1 Å². The summed E-state index contributed by atoms with van der Waals surface area (Å²) in [5, 5.41) is 7.07. The summed E-state index contributed by atoms with van der Waals surface area (Å²) in [6.45, 7) is 6.29. The van der Waals surface area contributed by atoms with E-state index in [0.717, 1.165) is 21.8 Å². The smallest absolute Gasteiger partial charge is 0.259 e. The van der Waals surface area contributed by atoms with Gasteiger partial charge in [0.1, 0.15) is 16.5 Å². The van der Waals surface area contributed by atoms with Crippen LogP contribution in [0.4, 0.5) is 10.7 Å². The molecule has 0 aliphatic rings. The van der Waals surface area contributed by atoms with Crippen LogP contribution in [0.2, 0.25) is 5.02 Å². The number of methoxy groups -OCH3 is 1. The monoisotopic (exact) mass is 500 g/mol. The third-order valence-electron chi connectivity index (χ3n) is 5.34. The lowest BCUT2D eigenvalue weighted by molar-refractivity contribution is -0.116. The molecule has 0 saturated heterocycles. The van der Waals surface area contributed by atoms with E-state index in [1.54, 1.807) is 25.3 Å². The Hall–Kier alpha value is -3.03. The Kier molecular flexibility index (Phi) is 8.96. The molecule has 180 valence electrons. The fourth-order valence-corrected chi connectivity index (χ4v) is 5.03. The molecule has 0 aliphatic heterocycles. The molecule has 2 aromatic carbocycles. The number of benzene rings is 2. The molecule has 0 bridgehead atoms. The lowest BCUT2D eigenvalue weighted by Crippen LogP contribution is -2.18. The van der Waals surface area contributed by atoms with Gasteiger partial charge in [-0.25, -0.2) is 0 Å². The average Bonchev–Trinajstić information content (AvgIpc) is 3.12. The van der Waals surface area contributed by atoms with Gasteiger partial charge >= 0.3 is 0 Å². The van der Waals surface area contributed by atoms with Gasteiger partial charge < -0.3 is 20.1 Å². The van der Waals surface area contributed by atoms with Crippen molar-refractivity contribution in [1.29, 1.82) is 0 Å². The number of amides is 2. The summed E-state index contributed by atoms with van der Waals surface area (Å²) in [6.07, 6.45) is 1.50. The van der Waals surface area contributed by atoms with Crippen molar-refractivity contribution < 1.29 is 19.1 Å². The number of anilines is 2. The predicted octanol–water partition coefficient (Wildman–Crippen LogP) is 6.64. The summed E-state index contributed by atoms with van der Waals surface area (Å²) in [4.78, 5) is 26.9. The molecule has 0 aliphatic carbocycles. The van der Waals surface area contributed by atoms with Crippen LogP contribution in [-0.4, -0.2) is 25.5 Å². The summed E-state index contributed by atoms with van der Waals surface area (Å²) in [5.41, 5.74) is 2.95. The lowest BCUT2D eigenvalue weighted by Gasteiger charge is -2.12. The molecule has 0 unspecified atom stereocenters. The fourth-order valence-electron chi connectivity index (χ4n) is 3.64. The highest BCUT2D eigenvalue weighted by Crippen LogP contribution is 2.35. The summed E-state index contributed by atoms with van der Waals surface area (Å²) < 4.78 is 11.1. The molecule has 6 nitrogen and oxygen atoms in total. The van der Waals surface area contributed by atoms with Crippen molar-refractivity contribution in [2.24, 2.45) is 0 Å². The molecule has 0 radical (unpaired) electrons. The van der Waals surface area contributed by atoms with E-state index in [4.69, 9.17) is 21.1 Å². The van der Waals surface area contributed by atoms with Gasteiger partial charge in [0.2, 0.25) is 5.91 Å². The average molecular weight is 501 g/mol. The van der Waals surface area contributed by atoms with Crippen molar-refractivity contribution in [1.82, 2.24) is 0 Å². The number of aryl methyl sites for hydroxylation is 2. The summed E-state index contributed by atoms with van der Waals surface area (Å²) >= 11 is 7.39. The predicted molar refractivity (Wildman–Crippen MR) is 139 cm³/mol. The molecule has 8 heteroatoms. The summed E-state index contributed by atoms with van der Waals surface area (Å²) in [6, 6.07) is 12.7. The molecule has 0 fully saturated rings. The van der Waals surface area contributed by atoms with Crippen LogP contribution in [-0.2, 0) is 11.2 Å². The number of carbonyl (C=O) groups is 2. The number of rotatable bonds is 10. The van der Waals surface area contributed by atoms with E-state index in [2.05, 4.69) is 10.6 Å². The van der Waals surface area contributed by atoms with Crippen molar-refractivity contribution in [2.45, 2.75) is 40.0 Å². The maximum Gasteiger partial charge on any atom is 0.259 e. The number of halogens is 1. The summed E-state index contributed by atoms with van der Waals surface area (Å²) in [5.74, 6) is 0.887. The fraction of sp³-hybridized carbons (Fsp3) is 0.308. The number of thiophene rings is 1. The highest BCUT2D eigenvalue weighted by Gasteiger charge is 2.23. The van der Waals surface area contributed by atoms with Crippen molar-refractivity contribution in [3.63, 3.8) is 0 Å². The van der Waals surface area contributed by atoms with Crippen LogP contribution in [0.15, 0.2) is 42.5 Å². The summed E-state index contributed by atoms with van der Waals surface area (Å²) in [7, 11) is 1.56. The minimum absolute atomic E-state index is 0.160. The Morgan fingerprint density at radius 1 is 1.06 bits per heavy atom. The zero-order valence-corrected chi connectivity index (χ0v) is 21.4. The number of hydrogen-bond donors (Lipinski definition) is 2. The number of carbonyl (C=O) groups excluding carboxylic acids is 2. The Bertz CT molecular complexity index is 1180. The van der Waals surface area contributed by atoms with Crippen molar-refractivity contribution in [3.8, 4) is 11.5 Å². The Morgan fingerprint density at radius 3 is 2.53 bits per heavy atom. The minimum Gasteiger partial charge on any atom is -0.495 e. The first-order valence-corrected chi connectivity index (χ1v) is 12.3. The van der Waals surface area contributed by atoms with Crippen LogP contribution in [0.1, 0.15) is 46.1 Å². The van der Waals surface area contributed by atoms with Crippen LogP contribution >= 0.6 is 22.9 Å². The number of nitrogens with one attached hydrogen (secondary N) is 2. The minimum atomic E-state index is -0.275. The quantitative estimate of drug-likeness (QED) is 0.306.